The summed E-state index contributed by atoms with van der Waals surface area (Å²) in [4.78, 5) is 28.1. The summed E-state index contributed by atoms with van der Waals surface area (Å²) >= 11 is 0. The van der Waals surface area contributed by atoms with Gasteiger partial charge < -0.3 is 9.64 Å². The van der Waals surface area contributed by atoms with Gasteiger partial charge in [-0.2, -0.15) is 5.21 Å². The summed E-state index contributed by atoms with van der Waals surface area (Å²) in [5, 5.41) is 14.5. The van der Waals surface area contributed by atoms with Gasteiger partial charge in [-0.05, 0) is 40.7 Å². The molecule has 2 aromatic carbocycles. The van der Waals surface area contributed by atoms with E-state index in [4.69, 9.17) is 4.74 Å². The van der Waals surface area contributed by atoms with Gasteiger partial charge in [-0.25, -0.2) is 4.79 Å². The van der Waals surface area contributed by atoms with Crippen LogP contribution in [0.25, 0.3) is 22.5 Å². The van der Waals surface area contributed by atoms with E-state index in [2.05, 4.69) is 27.5 Å². The van der Waals surface area contributed by atoms with Crippen LogP contribution in [0.3, 0.4) is 0 Å². The van der Waals surface area contributed by atoms with Crippen LogP contribution in [0, 0.1) is 5.92 Å². The number of methoxy groups -OCH3 is 1. The van der Waals surface area contributed by atoms with E-state index in [0.717, 1.165) is 47.9 Å². The maximum absolute atomic E-state index is 13.4. The predicted molar refractivity (Wildman–Crippen MR) is 142 cm³/mol. The second-order valence-corrected chi connectivity index (χ2v) is 9.88. The number of hydrogen-bond donors (Lipinski definition) is 1. The van der Waals surface area contributed by atoms with Crippen LogP contribution in [0.1, 0.15) is 70.3 Å². The Bertz CT molecular complexity index is 1140. The molecule has 8 heteroatoms. The first-order chi connectivity index (χ1) is 18.1. The van der Waals surface area contributed by atoms with Gasteiger partial charge in [-0.15, -0.1) is 10.2 Å². The van der Waals surface area contributed by atoms with Gasteiger partial charge in [-0.3, -0.25) is 4.79 Å². The molecule has 1 heterocycles. The molecule has 1 atom stereocenters. The molecule has 0 radical (unpaired) electrons. The summed E-state index contributed by atoms with van der Waals surface area (Å²) in [6, 6.07) is 15.5. The van der Waals surface area contributed by atoms with Crippen LogP contribution in [0.2, 0.25) is 0 Å². The number of ether oxygens (including phenoxy) is 1. The lowest BCUT2D eigenvalue weighted by atomic mass is 9.84. The van der Waals surface area contributed by atoms with Crippen LogP contribution in [0.4, 0.5) is 0 Å². The summed E-state index contributed by atoms with van der Waals surface area (Å²) in [6.07, 6.45) is 8.69. The molecule has 0 saturated heterocycles. The van der Waals surface area contributed by atoms with Crippen LogP contribution in [0.5, 0.6) is 0 Å². The Morgan fingerprint density at radius 2 is 1.78 bits per heavy atom. The van der Waals surface area contributed by atoms with Crippen molar-refractivity contribution < 1.29 is 14.3 Å². The van der Waals surface area contributed by atoms with Crippen molar-refractivity contribution in [3.63, 3.8) is 0 Å². The fourth-order valence-electron chi connectivity index (χ4n) is 5.26. The minimum absolute atomic E-state index is 0.0135. The van der Waals surface area contributed by atoms with E-state index in [1.54, 1.807) is 4.90 Å². The highest BCUT2D eigenvalue weighted by molar-refractivity contribution is 5.85. The Morgan fingerprint density at radius 1 is 1.05 bits per heavy atom. The molecule has 1 aromatic heterocycles. The van der Waals surface area contributed by atoms with Crippen LogP contribution in [-0.2, 0) is 20.9 Å². The zero-order chi connectivity index (χ0) is 26.0. The number of nitrogens with zero attached hydrogens (tertiary/aromatic N) is 4. The molecule has 8 nitrogen and oxygen atoms in total. The largest absolute Gasteiger partial charge is 0.467 e. The number of hydrogen-bond acceptors (Lipinski definition) is 6. The number of amides is 1. The average Bonchev–Trinajstić information content (AvgIpc) is 3.49. The van der Waals surface area contributed by atoms with Gasteiger partial charge in [0.05, 0.1) is 7.11 Å². The first kappa shape index (κ1) is 26.5. The van der Waals surface area contributed by atoms with E-state index in [0.29, 0.717) is 31.1 Å². The van der Waals surface area contributed by atoms with Crippen molar-refractivity contribution in [2.24, 2.45) is 5.92 Å². The van der Waals surface area contributed by atoms with Gasteiger partial charge in [-0.1, -0.05) is 94.0 Å². The fraction of sp³-hybridized carbons (Fsp3) is 0.483. The van der Waals surface area contributed by atoms with Crippen molar-refractivity contribution >= 4 is 11.9 Å². The minimum Gasteiger partial charge on any atom is -0.467 e. The number of benzene rings is 2. The van der Waals surface area contributed by atoms with Crippen molar-refractivity contribution in [1.29, 1.82) is 0 Å². The SMILES string of the molecule is CCCCC(=O)N(Cc1ccc(-c2ccccc2-c2nn[nH]n2)cc1)[C@@H](CC1CCCCC1)C(=O)OC. The lowest BCUT2D eigenvalue weighted by Crippen LogP contribution is -2.46. The van der Waals surface area contributed by atoms with E-state index in [1.807, 2.05) is 48.5 Å². The van der Waals surface area contributed by atoms with Crippen molar-refractivity contribution in [3.05, 3.63) is 54.1 Å². The predicted octanol–water partition coefficient (Wildman–Crippen LogP) is 5.56. The molecule has 0 aliphatic heterocycles. The van der Waals surface area contributed by atoms with E-state index in [1.165, 1.54) is 26.4 Å². The lowest BCUT2D eigenvalue weighted by Gasteiger charge is -2.34. The quantitative estimate of drug-likeness (QED) is 0.344. The van der Waals surface area contributed by atoms with Crippen molar-refractivity contribution in [2.75, 3.05) is 7.11 Å². The second-order valence-electron chi connectivity index (χ2n) is 9.88. The number of rotatable bonds is 11. The molecule has 1 aliphatic carbocycles. The minimum atomic E-state index is -0.559. The van der Waals surface area contributed by atoms with E-state index < -0.39 is 6.04 Å². The van der Waals surface area contributed by atoms with Crippen LogP contribution < -0.4 is 0 Å². The monoisotopic (exact) mass is 503 g/mol. The Labute approximate surface area is 218 Å². The molecule has 1 fully saturated rings. The summed E-state index contributed by atoms with van der Waals surface area (Å²) in [7, 11) is 1.42. The summed E-state index contributed by atoms with van der Waals surface area (Å²) in [6.45, 7) is 2.45. The molecule has 1 N–H and O–H groups in total. The molecule has 37 heavy (non-hydrogen) atoms. The highest BCUT2D eigenvalue weighted by Gasteiger charge is 2.33. The second kappa shape index (κ2) is 13.1. The highest BCUT2D eigenvalue weighted by atomic mass is 16.5. The normalized spacial score (nSPS) is 14.8. The Hall–Kier alpha value is -3.55. The van der Waals surface area contributed by atoms with Crippen LogP contribution >= 0.6 is 0 Å². The molecule has 0 unspecified atom stereocenters. The third-order valence-corrected chi connectivity index (χ3v) is 7.33. The van der Waals surface area contributed by atoms with Gasteiger partial charge >= 0.3 is 5.97 Å². The van der Waals surface area contributed by atoms with Crippen LogP contribution in [-0.4, -0.2) is 50.6 Å². The highest BCUT2D eigenvalue weighted by Crippen LogP contribution is 2.32. The van der Waals surface area contributed by atoms with Gasteiger partial charge in [0.25, 0.3) is 0 Å². The number of carbonyl (C=O) groups excluding carboxylic acids is 2. The number of carbonyl (C=O) groups is 2. The Morgan fingerprint density at radius 3 is 2.43 bits per heavy atom. The third-order valence-electron chi connectivity index (χ3n) is 7.33. The molecule has 4 rings (SSSR count). The number of unbranched alkanes of at least 4 members (excludes halogenated alkanes) is 1. The molecule has 1 amide bonds. The number of H-pyrrole nitrogens is 1. The van der Waals surface area contributed by atoms with Crippen molar-refractivity contribution in [2.45, 2.75) is 77.3 Å². The molecular formula is C29H37N5O3. The number of tetrazole rings is 1. The van der Waals surface area contributed by atoms with Crippen LogP contribution in [0.15, 0.2) is 48.5 Å². The molecule has 196 valence electrons. The van der Waals surface area contributed by atoms with Crippen molar-refractivity contribution in [3.8, 4) is 22.5 Å². The lowest BCUT2D eigenvalue weighted by molar-refractivity contribution is -0.154. The first-order valence-electron chi connectivity index (χ1n) is 13.4. The topological polar surface area (TPSA) is 101 Å². The summed E-state index contributed by atoms with van der Waals surface area (Å²) in [5.41, 5.74) is 3.87. The Kier molecular flexibility index (Phi) is 9.40. The zero-order valence-corrected chi connectivity index (χ0v) is 21.9. The number of nitrogens with one attached hydrogen (secondary N) is 1. The molecule has 3 aromatic rings. The first-order valence-corrected chi connectivity index (χ1v) is 13.4. The number of aromatic amines is 1. The van der Waals surface area contributed by atoms with E-state index >= 15 is 0 Å². The smallest absolute Gasteiger partial charge is 0.328 e. The van der Waals surface area contributed by atoms with Gasteiger partial charge in [0.15, 0.2) is 0 Å². The van der Waals surface area contributed by atoms with E-state index in [-0.39, 0.29) is 11.9 Å². The number of esters is 1. The standard InChI is InChI=1S/C29H37N5O3/c1-3-4-14-27(35)34(26(29(36)37-2)19-21-10-6-5-7-11-21)20-22-15-17-23(18-16-22)24-12-8-9-13-25(24)28-30-32-33-31-28/h8-9,12-13,15-18,21,26H,3-7,10-11,14,19-20H2,1-2H3,(H,30,31,32,33)/t26-/m0/s1. The third kappa shape index (κ3) is 6.81. The fourth-order valence-corrected chi connectivity index (χ4v) is 5.26. The Balaban J connectivity index is 1.58. The molecular weight excluding hydrogens is 466 g/mol. The zero-order valence-electron chi connectivity index (χ0n) is 21.9. The van der Waals surface area contributed by atoms with E-state index in [9.17, 15) is 9.59 Å². The van der Waals surface area contributed by atoms with Gasteiger partial charge in [0, 0.05) is 18.5 Å². The number of aromatic nitrogens is 4. The molecule has 1 aliphatic rings. The van der Waals surface area contributed by atoms with Gasteiger partial charge in [0.2, 0.25) is 11.7 Å². The van der Waals surface area contributed by atoms with Crippen molar-refractivity contribution in [1.82, 2.24) is 25.5 Å². The molecule has 1 saturated carbocycles. The summed E-state index contributed by atoms with van der Waals surface area (Å²) in [5.74, 6) is 0.681. The molecule has 0 bridgehead atoms. The maximum atomic E-state index is 13.4. The van der Waals surface area contributed by atoms with Gasteiger partial charge in [0.1, 0.15) is 6.04 Å². The summed E-state index contributed by atoms with van der Waals surface area (Å²) < 4.78 is 5.20. The molecule has 0 spiro atoms. The maximum Gasteiger partial charge on any atom is 0.328 e. The average molecular weight is 504 g/mol.